The molecule has 1 amide bonds. The van der Waals surface area contributed by atoms with Crippen molar-refractivity contribution in [1.82, 2.24) is 29.8 Å². The Kier molecular flexibility index (Phi) is 4.75. The molecular formula is C22H19N7O2. The van der Waals surface area contributed by atoms with Crippen LogP contribution in [0.2, 0.25) is 0 Å². The lowest BCUT2D eigenvalue weighted by atomic mass is 10.2. The molecule has 0 aliphatic carbocycles. The van der Waals surface area contributed by atoms with Crippen LogP contribution in [0.15, 0.2) is 71.4 Å². The largest absolute Gasteiger partial charge is 0.441 e. The van der Waals surface area contributed by atoms with Crippen LogP contribution in [0.5, 0.6) is 0 Å². The first-order valence-corrected chi connectivity index (χ1v) is 9.78. The van der Waals surface area contributed by atoms with Gasteiger partial charge in [0.15, 0.2) is 0 Å². The van der Waals surface area contributed by atoms with E-state index in [-0.39, 0.29) is 12.3 Å². The van der Waals surface area contributed by atoms with Crippen molar-refractivity contribution in [2.45, 2.75) is 20.0 Å². The van der Waals surface area contributed by atoms with Crippen molar-refractivity contribution in [3.05, 3.63) is 78.4 Å². The van der Waals surface area contributed by atoms with Gasteiger partial charge in [-0.25, -0.2) is 14.3 Å². The van der Waals surface area contributed by atoms with E-state index in [2.05, 4.69) is 25.7 Å². The van der Waals surface area contributed by atoms with Crippen molar-refractivity contribution in [2.75, 3.05) is 5.32 Å². The van der Waals surface area contributed by atoms with Gasteiger partial charge in [0.25, 0.3) is 0 Å². The summed E-state index contributed by atoms with van der Waals surface area (Å²) in [5.41, 5.74) is 3.82. The number of aromatic nitrogens is 6. The summed E-state index contributed by atoms with van der Waals surface area (Å²) in [6, 6.07) is 17.3. The first kappa shape index (κ1) is 18.7. The lowest BCUT2D eigenvalue weighted by Crippen LogP contribution is -2.15. The van der Waals surface area contributed by atoms with Crippen LogP contribution in [0.25, 0.3) is 22.5 Å². The van der Waals surface area contributed by atoms with Gasteiger partial charge in [0.1, 0.15) is 17.9 Å². The maximum atomic E-state index is 12.5. The molecule has 3 heterocycles. The van der Waals surface area contributed by atoms with Crippen LogP contribution in [0, 0.1) is 6.92 Å². The van der Waals surface area contributed by atoms with Crippen LogP contribution >= 0.6 is 0 Å². The molecular weight excluding hydrogens is 394 g/mol. The molecule has 0 atom stereocenters. The van der Waals surface area contributed by atoms with Gasteiger partial charge < -0.3 is 9.73 Å². The molecule has 1 N–H and O–H groups in total. The van der Waals surface area contributed by atoms with Crippen LogP contribution in [0.3, 0.4) is 0 Å². The molecule has 0 unspecified atom stereocenters. The van der Waals surface area contributed by atoms with Crippen molar-refractivity contribution in [3.8, 4) is 11.5 Å². The number of hydrogen-bond donors (Lipinski definition) is 1. The number of fused-ring (bicyclic) bond motifs is 1. The summed E-state index contributed by atoms with van der Waals surface area (Å²) in [4.78, 5) is 17.0. The number of amides is 1. The number of para-hydroxylation sites is 1. The summed E-state index contributed by atoms with van der Waals surface area (Å²) in [7, 11) is 0. The Labute approximate surface area is 177 Å². The van der Waals surface area contributed by atoms with Crippen LogP contribution < -0.4 is 5.32 Å². The second-order valence-corrected chi connectivity index (χ2v) is 7.10. The van der Waals surface area contributed by atoms with E-state index in [0.29, 0.717) is 29.7 Å². The van der Waals surface area contributed by atoms with E-state index in [9.17, 15) is 4.79 Å². The standard InChI is InChI=1S/C22H19N7O2/c1-15-19(25-22(31-15)16-7-3-2-4-8-16)11-21(30)24-17-12-23-28(13-17)14-29-20-10-6-5-9-18(20)26-27-29/h2-10,12-13H,11,14H2,1H3,(H,24,30). The fourth-order valence-corrected chi connectivity index (χ4v) is 3.32. The van der Waals surface area contributed by atoms with E-state index < -0.39 is 0 Å². The smallest absolute Gasteiger partial charge is 0.230 e. The normalized spacial score (nSPS) is 11.1. The van der Waals surface area contributed by atoms with Crippen LogP contribution in [-0.2, 0) is 17.9 Å². The molecule has 0 aliphatic heterocycles. The molecule has 9 nitrogen and oxygen atoms in total. The number of hydrogen-bond acceptors (Lipinski definition) is 6. The lowest BCUT2D eigenvalue weighted by molar-refractivity contribution is -0.115. The van der Waals surface area contributed by atoms with E-state index in [0.717, 1.165) is 16.6 Å². The third kappa shape index (κ3) is 3.93. The molecule has 0 aliphatic rings. The number of nitrogens with one attached hydrogen (secondary N) is 1. The molecule has 0 fully saturated rings. The Hall–Kier alpha value is -4.27. The Morgan fingerprint density at radius 3 is 2.77 bits per heavy atom. The molecule has 5 aromatic rings. The average Bonchev–Trinajstić information content (AvgIpc) is 3.49. The number of benzene rings is 2. The number of rotatable bonds is 6. The number of anilines is 1. The topological polar surface area (TPSA) is 104 Å². The van der Waals surface area contributed by atoms with Crippen molar-refractivity contribution in [3.63, 3.8) is 0 Å². The van der Waals surface area contributed by atoms with Crippen molar-refractivity contribution >= 4 is 22.6 Å². The van der Waals surface area contributed by atoms with Gasteiger partial charge in [-0.2, -0.15) is 5.10 Å². The van der Waals surface area contributed by atoms with Gasteiger partial charge in [0, 0.05) is 5.56 Å². The Bertz CT molecular complexity index is 1350. The first-order chi connectivity index (χ1) is 15.2. The molecule has 154 valence electrons. The summed E-state index contributed by atoms with van der Waals surface area (Å²) >= 11 is 0. The van der Waals surface area contributed by atoms with Gasteiger partial charge in [0.2, 0.25) is 11.8 Å². The predicted molar refractivity (Wildman–Crippen MR) is 114 cm³/mol. The minimum absolute atomic E-state index is 0.112. The van der Waals surface area contributed by atoms with E-state index in [1.807, 2.05) is 61.5 Å². The molecule has 2 aromatic carbocycles. The van der Waals surface area contributed by atoms with Crippen LogP contribution in [0.4, 0.5) is 5.69 Å². The summed E-state index contributed by atoms with van der Waals surface area (Å²) in [5.74, 6) is 0.943. The minimum atomic E-state index is -0.193. The van der Waals surface area contributed by atoms with Gasteiger partial charge >= 0.3 is 0 Å². The Balaban J connectivity index is 1.25. The fourth-order valence-electron chi connectivity index (χ4n) is 3.32. The molecule has 0 radical (unpaired) electrons. The zero-order valence-electron chi connectivity index (χ0n) is 16.8. The third-order valence-electron chi connectivity index (χ3n) is 4.86. The lowest BCUT2D eigenvalue weighted by Gasteiger charge is -2.03. The molecule has 31 heavy (non-hydrogen) atoms. The predicted octanol–water partition coefficient (Wildman–Crippen LogP) is 3.28. The number of aryl methyl sites for hydroxylation is 1. The summed E-state index contributed by atoms with van der Waals surface area (Å²) in [6.45, 7) is 2.20. The van der Waals surface area contributed by atoms with Crippen LogP contribution in [0.1, 0.15) is 11.5 Å². The van der Waals surface area contributed by atoms with E-state index in [1.54, 1.807) is 21.8 Å². The quantitative estimate of drug-likeness (QED) is 0.458. The minimum Gasteiger partial charge on any atom is -0.441 e. The second kappa shape index (κ2) is 7.86. The Morgan fingerprint density at radius 2 is 1.90 bits per heavy atom. The fraction of sp³-hybridized carbons (Fsp3) is 0.136. The number of nitrogens with zero attached hydrogens (tertiary/aromatic N) is 6. The number of carbonyl (C=O) groups excluding carboxylic acids is 1. The van der Waals surface area contributed by atoms with Gasteiger partial charge in [-0.15, -0.1) is 5.10 Å². The highest BCUT2D eigenvalue weighted by Gasteiger charge is 2.15. The van der Waals surface area contributed by atoms with Gasteiger partial charge in [-0.1, -0.05) is 35.5 Å². The van der Waals surface area contributed by atoms with Gasteiger partial charge in [0.05, 0.1) is 35.7 Å². The molecule has 5 rings (SSSR count). The Morgan fingerprint density at radius 1 is 1.10 bits per heavy atom. The highest BCUT2D eigenvalue weighted by Crippen LogP contribution is 2.22. The van der Waals surface area contributed by atoms with Crippen LogP contribution in [-0.4, -0.2) is 35.7 Å². The van der Waals surface area contributed by atoms with Gasteiger partial charge in [-0.3, -0.25) is 4.79 Å². The maximum absolute atomic E-state index is 12.5. The maximum Gasteiger partial charge on any atom is 0.230 e. The number of oxazole rings is 1. The SMILES string of the molecule is Cc1oc(-c2ccccc2)nc1CC(=O)Nc1cnn(Cn2nnc3ccccc32)c1. The summed E-state index contributed by atoms with van der Waals surface area (Å²) < 4.78 is 9.16. The van der Waals surface area contributed by atoms with E-state index in [1.165, 1.54) is 0 Å². The highest BCUT2D eigenvalue weighted by atomic mass is 16.4. The van der Waals surface area contributed by atoms with Gasteiger partial charge in [-0.05, 0) is 31.2 Å². The zero-order valence-corrected chi connectivity index (χ0v) is 16.8. The molecule has 0 saturated heterocycles. The van der Waals surface area contributed by atoms with Crippen molar-refractivity contribution in [1.29, 1.82) is 0 Å². The van der Waals surface area contributed by atoms with Crippen molar-refractivity contribution in [2.24, 2.45) is 0 Å². The first-order valence-electron chi connectivity index (χ1n) is 9.78. The van der Waals surface area contributed by atoms with E-state index >= 15 is 0 Å². The molecule has 0 saturated carbocycles. The molecule has 0 spiro atoms. The van der Waals surface area contributed by atoms with Crippen molar-refractivity contribution < 1.29 is 9.21 Å². The molecule has 0 bridgehead atoms. The zero-order chi connectivity index (χ0) is 21.2. The monoisotopic (exact) mass is 413 g/mol. The van der Waals surface area contributed by atoms with E-state index in [4.69, 9.17) is 4.42 Å². The number of carbonyl (C=O) groups is 1. The molecule has 3 aromatic heterocycles. The third-order valence-corrected chi connectivity index (χ3v) is 4.86. The second-order valence-electron chi connectivity index (χ2n) is 7.10. The average molecular weight is 413 g/mol. The summed E-state index contributed by atoms with van der Waals surface area (Å²) in [5, 5.41) is 15.4. The summed E-state index contributed by atoms with van der Waals surface area (Å²) in [6.07, 6.45) is 3.46. The molecule has 9 heteroatoms. The highest BCUT2D eigenvalue weighted by molar-refractivity contribution is 5.91.